The van der Waals surface area contributed by atoms with Gasteiger partial charge in [0.1, 0.15) is 11.6 Å². The molecule has 0 fully saturated rings. The van der Waals surface area contributed by atoms with Crippen LogP contribution in [0, 0.1) is 5.82 Å². The normalized spacial score (nSPS) is 12.4. The fourth-order valence-electron chi connectivity index (χ4n) is 1.95. The highest BCUT2D eigenvalue weighted by Gasteiger charge is 2.18. The Morgan fingerprint density at radius 3 is 2.83 bits per heavy atom. The molecule has 2 rings (SSSR count). The molecule has 96 valence electrons. The topological polar surface area (TPSA) is 21.3 Å². The first kappa shape index (κ1) is 13.1. The summed E-state index contributed by atoms with van der Waals surface area (Å²) in [5, 5.41) is 5.39. The second kappa shape index (κ2) is 5.98. The van der Waals surface area contributed by atoms with Gasteiger partial charge in [-0.1, -0.05) is 13.0 Å². The maximum Gasteiger partial charge on any atom is 0.124 e. The average molecular weight is 265 g/mol. The molecule has 2 aromatic rings. The number of thiophene rings is 1. The molecule has 2 nitrogen and oxygen atoms in total. The van der Waals surface area contributed by atoms with Gasteiger partial charge in [-0.15, -0.1) is 11.3 Å². The van der Waals surface area contributed by atoms with E-state index in [0.717, 1.165) is 17.0 Å². The number of ether oxygens (including phenoxy) is 1. The highest BCUT2D eigenvalue weighted by molar-refractivity contribution is 7.10. The molecule has 0 aliphatic heterocycles. The lowest BCUT2D eigenvalue weighted by atomic mass is 10.0. The van der Waals surface area contributed by atoms with E-state index in [1.165, 1.54) is 12.1 Å². The van der Waals surface area contributed by atoms with Crippen LogP contribution in [0.3, 0.4) is 0 Å². The summed E-state index contributed by atoms with van der Waals surface area (Å²) in [6.45, 7) is 2.84. The molecule has 1 heterocycles. The van der Waals surface area contributed by atoms with Crippen molar-refractivity contribution in [2.24, 2.45) is 0 Å². The average Bonchev–Trinajstić information content (AvgIpc) is 2.89. The van der Waals surface area contributed by atoms with Gasteiger partial charge in [0.25, 0.3) is 0 Å². The van der Waals surface area contributed by atoms with Crippen molar-refractivity contribution >= 4 is 11.3 Å². The maximum absolute atomic E-state index is 13.4. The smallest absolute Gasteiger partial charge is 0.124 e. The highest BCUT2D eigenvalue weighted by atomic mass is 32.1. The summed E-state index contributed by atoms with van der Waals surface area (Å²) in [4.78, 5) is 1.15. The number of rotatable bonds is 5. The summed E-state index contributed by atoms with van der Waals surface area (Å²) >= 11 is 1.65. The van der Waals surface area contributed by atoms with Gasteiger partial charge in [-0.2, -0.15) is 0 Å². The van der Waals surface area contributed by atoms with Crippen LogP contribution in [-0.4, -0.2) is 13.7 Å². The standard InChI is InChI=1S/C14H16FNOS/c1-3-16-14(13-5-4-8-18-13)11-9-10(15)6-7-12(11)17-2/h4-9,14,16H,3H2,1-2H3. The first-order valence-electron chi connectivity index (χ1n) is 5.86. The van der Waals surface area contributed by atoms with Gasteiger partial charge in [0.2, 0.25) is 0 Å². The van der Waals surface area contributed by atoms with E-state index in [2.05, 4.69) is 5.32 Å². The van der Waals surface area contributed by atoms with Gasteiger partial charge in [0.15, 0.2) is 0 Å². The first-order chi connectivity index (χ1) is 8.76. The number of methoxy groups -OCH3 is 1. The van der Waals surface area contributed by atoms with E-state index < -0.39 is 0 Å². The van der Waals surface area contributed by atoms with Crippen LogP contribution >= 0.6 is 11.3 Å². The van der Waals surface area contributed by atoms with Crippen molar-refractivity contribution in [3.8, 4) is 5.75 Å². The molecule has 0 aliphatic rings. The maximum atomic E-state index is 13.4. The second-order valence-electron chi connectivity index (χ2n) is 3.89. The van der Waals surface area contributed by atoms with Crippen molar-refractivity contribution in [3.05, 3.63) is 52.0 Å². The Morgan fingerprint density at radius 2 is 2.22 bits per heavy atom. The first-order valence-corrected chi connectivity index (χ1v) is 6.74. The van der Waals surface area contributed by atoms with E-state index in [0.29, 0.717) is 5.75 Å². The summed E-state index contributed by atoms with van der Waals surface area (Å²) in [6.07, 6.45) is 0. The summed E-state index contributed by atoms with van der Waals surface area (Å²) in [5.74, 6) is 0.459. The Balaban J connectivity index is 2.45. The van der Waals surface area contributed by atoms with Gasteiger partial charge in [-0.3, -0.25) is 0 Å². The molecule has 1 unspecified atom stereocenters. The SMILES string of the molecule is CCNC(c1cccs1)c1cc(F)ccc1OC. The predicted molar refractivity (Wildman–Crippen MR) is 72.8 cm³/mol. The number of halogens is 1. The molecule has 0 amide bonds. The second-order valence-corrected chi connectivity index (χ2v) is 4.87. The Bertz CT molecular complexity index is 499. The molecule has 0 bridgehead atoms. The molecular weight excluding hydrogens is 249 g/mol. The summed E-state index contributed by atoms with van der Waals surface area (Å²) < 4.78 is 18.8. The van der Waals surface area contributed by atoms with Crippen molar-refractivity contribution in [1.29, 1.82) is 0 Å². The van der Waals surface area contributed by atoms with Gasteiger partial charge in [-0.05, 0) is 36.2 Å². The monoisotopic (exact) mass is 265 g/mol. The van der Waals surface area contributed by atoms with Gasteiger partial charge in [0, 0.05) is 10.4 Å². The highest BCUT2D eigenvalue weighted by Crippen LogP contribution is 2.32. The van der Waals surface area contributed by atoms with Crippen molar-refractivity contribution in [3.63, 3.8) is 0 Å². The lowest BCUT2D eigenvalue weighted by Crippen LogP contribution is -2.21. The van der Waals surface area contributed by atoms with Crippen molar-refractivity contribution in [2.45, 2.75) is 13.0 Å². The van der Waals surface area contributed by atoms with E-state index in [-0.39, 0.29) is 11.9 Å². The Kier molecular flexibility index (Phi) is 4.33. The minimum absolute atomic E-state index is 0.0272. The molecule has 1 aromatic carbocycles. The van der Waals surface area contributed by atoms with Gasteiger partial charge < -0.3 is 10.1 Å². The van der Waals surface area contributed by atoms with Gasteiger partial charge in [-0.25, -0.2) is 4.39 Å². The number of hydrogen-bond donors (Lipinski definition) is 1. The van der Waals surface area contributed by atoms with E-state index >= 15 is 0 Å². The van der Waals surface area contributed by atoms with Crippen LogP contribution in [-0.2, 0) is 0 Å². The molecule has 0 saturated carbocycles. The Hall–Kier alpha value is -1.39. The van der Waals surface area contributed by atoms with E-state index in [1.807, 2.05) is 24.4 Å². The summed E-state index contributed by atoms with van der Waals surface area (Å²) in [6, 6.07) is 8.63. The molecule has 0 radical (unpaired) electrons. The summed E-state index contributed by atoms with van der Waals surface area (Å²) in [5.41, 5.74) is 0.835. The molecule has 1 N–H and O–H groups in total. The van der Waals surface area contributed by atoms with E-state index in [9.17, 15) is 4.39 Å². The fourth-order valence-corrected chi connectivity index (χ4v) is 2.77. The molecule has 0 aliphatic carbocycles. The van der Waals surface area contributed by atoms with Crippen LogP contribution in [0.5, 0.6) is 5.75 Å². The minimum atomic E-state index is -0.245. The Morgan fingerprint density at radius 1 is 1.39 bits per heavy atom. The van der Waals surface area contributed by atoms with E-state index in [1.54, 1.807) is 24.5 Å². The van der Waals surface area contributed by atoms with Crippen LogP contribution < -0.4 is 10.1 Å². The zero-order chi connectivity index (χ0) is 13.0. The number of nitrogens with one attached hydrogen (secondary N) is 1. The van der Waals surface area contributed by atoms with Crippen LogP contribution in [0.15, 0.2) is 35.7 Å². The van der Waals surface area contributed by atoms with Gasteiger partial charge >= 0.3 is 0 Å². The Labute approximate surface area is 110 Å². The molecule has 0 spiro atoms. The van der Waals surface area contributed by atoms with Crippen LogP contribution in [0.4, 0.5) is 4.39 Å². The minimum Gasteiger partial charge on any atom is -0.496 e. The van der Waals surface area contributed by atoms with Crippen molar-refractivity contribution in [1.82, 2.24) is 5.32 Å². The molecule has 18 heavy (non-hydrogen) atoms. The summed E-state index contributed by atoms with van der Waals surface area (Å²) in [7, 11) is 1.61. The van der Waals surface area contributed by atoms with Crippen LogP contribution in [0.2, 0.25) is 0 Å². The third kappa shape index (κ3) is 2.71. The lowest BCUT2D eigenvalue weighted by Gasteiger charge is -2.19. The molecule has 1 atom stereocenters. The zero-order valence-electron chi connectivity index (χ0n) is 10.4. The number of benzene rings is 1. The number of hydrogen-bond acceptors (Lipinski definition) is 3. The lowest BCUT2D eigenvalue weighted by molar-refractivity contribution is 0.403. The third-order valence-corrected chi connectivity index (χ3v) is 3.68. The zero-order valence-corrected chi connectivity index (χ0v) is 11.3. The van der Waals surface area contributed by atoms with Gasteiger partial charge in [0.05, 0.1) is 13.2 Å². The quantitative estimate of drug-likeness (QED) is 0.892. The molecule has 0 saturated heterocycles. The fraction of sp³-hybridized carbons (Fsp3) is 0.286. The van der Waals surface area contributed by atoms with Crippen molar-refractivity contribution < 1.29 is 9.13 Å². The molecular formula is C14H16FNOS. The van der Waals surface area contributed by atoms with Crippen LogP contribution in [0.25, 0.3) is 0 Å². The van der Waals surface area contributed by atoms with Crippen molar-refractivity contribution in [2.75, 3.05) is 13.7 Å². The largest absolute Gasteiger partial charge is 0.496 e. The molecule has 1 aromatic heterocycles. The third-order valence-electron chi connectivity index (χ3n) is 2.74. The molecule has 4 heteroatoms. The predicted octanol–water partition coefficient (Wildman–Crippen LogP) is 3.59. The van der Waals surface area contributed by atoms with E-state index in [4.69, 9.17) is 4.74 Å². The van der Waals surface area contributed by atoms with Crippen LogP contribution in [0.1, 0.15) is 23.4 Å².